The monoisotopic (exact) mass is 608 g/mol. The molecule has 0 spiro atoms. The van der Waals surface area contributed by atoms with Gasteiger partial charge in [0.1, 0.15) is 11.3 Å². The highest BCUT2D eigenvalue weighted by Crippen LogP contribution is 2.52. The highest BCUT2D eigenvalue weighted by molar-refractivity contribution is 6.07. The number of allylic oxidation sites excluding steroid dienone is 4. The second kappa shape index (κ2) is 11.1. The van der Waals surface area contributed by atoms with Crippen LogP contribution >= 0.6 is 0 Å². The van der Waals surface area contributed by atoms with Gasteiger partial charge in [-0.2, -0.15) is 0 Å². The van der Waals surface area contributed by atoms with Gasteiger partial charge in [0.05, 0.1) is 11.4 Å². The average molecular weight is 609 g/mol. The molecule has 8 rings (SSSR count). The Labute approximate surface area is 274 Å². The van der Waals surface area contributed by atoms with Crippen LogP contribution in [0.25, 0.3) is 61.2 Å². The molecular formula is C43H32N2O2. The van der Waals surface area contributed by atoms with Gasteiger partial charge in [0, 0.05) is 44.0 Å². The van der Waals surface area contributed by atoms with Crippen molar-refractivity contribution in [2.24, 2.45) is 0 Å². The second-order valence-electron chi connectivity index (χ2n) is 12.3. The van der Waals surface area contributed by atoms with E-state index in [1.54, 1.807) is 12.2 Å². The van der Waals surface area contributed by atoms with Crippen LogP contribution in [0.5, 0.6) is 11.5 Å². The molecule has 3 heterocycles. The minimum atomic E-state index is -0.260. The number of hydrogen-bond acceptors (Lipinski definition) is 4. The summed E-state index contributed by atoms with van der Waals surface area (Å²) in [6, 6.07) is 39.7. The van der Waals surface area contributed by atoms with Crippen molar-refractivity contribution >= 4 is 27.5 Å². The zero-order valence-corrected chi connectivity index (χ0v) is 26.3. The van der Waals surface area contributed by atoms with Crippen LogP contribution in [0.4, 0.5) is 0 Å². The first-order chi connectivity index (χ1) is 22.9. The zero-order valence-electron chi connectivity index (χ0n) is 26.3. The molecule has 1 aliphatic heterocycles. The first-order valence-corrected chi connectivity index (χ1v) is 15.7. The molecule has 4 heteroatoms. The van der Waals surface area contributed by atoms with E-state index >= 15 is 0 Å². The minimum absolute atomic E-state index is 0.260. The summed E-state index contributed by atoms with van der Waals surface area (Å²) < 4.78 is 13.1. The number of para-hydroxylation sites is 1. The van der Waals surface area contributed by atoms with Crippen LogP contribution in [0.15, 0.2) is 151 Å². The molecule has 1 aliphatic rings. The summed E-state index contributed by atoms with van der Waals surface area (Å²) in [6.07, 6.45) is 5.36. The Kier molecular flexibility index (Phi) is 6.73. The van der Waals surface area contributed by atoms with E-state index in [9.17, 15) is 0 Å². The number of benzene rings is 5. The summed E-state index contributed by atoms with van der Waals surface area (Å²) >= 11 is 0. The standard InChI is InChI=1S/C43H32N2O2/c1-5-12-27(6-2)42-44-36(29-13-8-7-9-14-29)26-37(45-42)30-19-17-28(18-20-30)31-21-23-34-39(25-31)47-41-35(43(34,3)4)24-22-33-32-15-10-11-16-38(32)46-40(33)41/h5-26H,1-2H2,3-4H3/b27-12+. The van der Waals surface area contributed by atoms with Gasteiger partial charge in [0.2, 0.25) is 0 Å². The average Bonchev–Trinajstić information content (AvgIpc) is 3.50. The number of aromatic nitrogens is 2. The maximum absolute atomic E-state index is 6.70. The predicted molar refractivity (Wildman–Crippen MR) is 193 cm³/mol. The predicted octanol–water partition coefficient (Wildman–Crippen LogP) is 11.6. The van der Waals surface area contributed by atoms with E-state index in [2.05, 4.69) is 99.8 Å². The summed E-state index contributed by atoms with van der Waals surface area (Å²) in [5, 5.41) is 2.16. The quantitative estimate of drug-likeness (QED) is 0.176. The molecular weight excluding hydrogens is 576 g/mol. The van der Waals surface area contributed by atoms with Crippen LogP contribution in [-0.2, 0) is 5.41 Å². The van der Waals surface area contributed by atoms with E-state index in [0.717, 1.165) is 83.8 Å². The topological polar surface area (TPSA) is 48.2 Å². The van der Waals surface area contributed by atoms with Crippen molar-refractivity contribution in [3.05, 3.63) is 164 Å². The molecule has 4 nitrogen and oxygen atoms in total. The Hall–Kier alpha value is -6.00. The van der Waals surface area contributed by atoms with E-state index in [1.807, 2.05) is 48.5 Å². The summed E-state index contributed by atoms with van der Waals surface area (Å²) in [6.45, 7) is 12.3. The Morgan fingerprint density at radius 2 is 1.32 bits per heavy atom. The van der Waals surface area contributed by atoms with Crippen molar-refractivity contribution in [2.45, 2.75) is 19.3 Å². The summed E-state index contributed by atoms with van der Waals surface area (Å²) in [7, 11) is 0. The maximum Gasteiger partial charge on any atom is 0.178 e. The lowest BCUT2D eigenvalue weighted by Crippen LogP contribution is -2.24. The third-order valence-electron chi connectivity index (χ3n) is 9.13. The largest absolute Gasteiger partial charge is 0.453 e. The molecule has 7 aromatic rings. The Bertz CT molecular complexity index is 2380. The summed E-state index contributed by atoms with van der Waals surface area (Å²) in [5.41, 5.74) is 10.3. The van der Waals surface area contributed by atoms with Gasteiger partial charge in [0.15, 0.2) is 17.2 Å². The molecule has 0 aliphatic carbocycles. The lowest BCUT2D eigenvalue weighted by molar-refractivity contribution is 0.415. The first kappa shape index (κ1) is 28.5. The fourth-order valence-electron chi connectivity index (χ4n) is 6.59. The van der Waals surface area contributed by atoms with Gasteiger partial charge in [0.25, 0.3) is 0 Å². The molecule has 0 fully saturated rings. The number of furan rings is 1. The molecule has 5 aromatic carbocycles. The van der Waals surface area contributed by atoms with Crippen molar-refractivity contribution in [2.75, 3.05) is 0 Å². The maximum atomic E-state index is 6.70. The van der Waals surface area contributed by atoms with Crippen LogP contribution < -0.4 is 4.74 Å². The number of ether oxygens (including phenoxy) is 1. The Balaban J connectivity index is 1.17. The van der Waals surface area contributed by atoms with E-state index in [-0.39, 0.29) is 5.41 Å². The van der Waals surface area contributed by atoms with E-state index in [0.29, 0.717) is 5.82 Å². The van der Waals surface area contributed by atoms with Gasteiger partial charge < -0.3 is 9.15 Å². The number of fused-ring (bicyclic) bond motifs is 6. The van der Waals surface area contributed by atoms with Crippen LogP contribution in [0.2, 0.25) is 0 Å². The van der Waals surface area contributed by atoms with Gasteiger partial charge in [-0.25, -0.2) is 9.97 Å². The molecule has 0 unspecified atom stereocenters. The third-order valence-corrected chi connectivity index (χ3v) is 9.13. The molecule has 0 atom stereocenters. The Morgan fingerprint density at radius 1 is 0.660 bits per heavy atom. The molecule has 0 saturated carbocycles. The highest BCUT2D eigenvalue weighted by Gasteiger charge is 2.36. The van der Waals surface area contributed by atoms with Crippen LogP contribution in [0.3, 0.4) is 0 Å². The molecule has 0 saturated heterocycles. The van der Waals surface area contributed by atoms with Crippen molar-refractivity contribution in [1.29, 1.82) is 0 Å². The molecule has 0 radical (unpaired) electrons. The van der Waals surface area contributed by atoms with Crippen LogP contribution in [-0.4, -0.2) is 9.97 Å². The molecule has 2 aromatic heterocycles. The highest BCUT2D eigenvalue weighted by atomic mass is 16.5. The fraction of sp³-hybridized carbons (Fsp3) is 0.0698. The smallest absolute Gasteiger partial charge is 0.178 e. The molecule has 0 N–H and O–H groups in total. The molecule has 0 bridgehead atoms. The summed E-state index contributed by atoms with van der Waals surface area (Å²) in [4.78, 5) is 9.79. The van der Waals surface area contributed by atoms with Gasteiger partial charge in [-0.05, 0) is 35.4 Å². The molecule has 47 heavy (non-hydrogen) atoms. The van der Waals surface area contributed by atoms with Crippen molar-refractivity contribution < 1.29 is 9.15 Å². The Morgan fingerprint density at radius 3 is 2.06 bits per heavy atom. The first-order valence-electron chi connectivity index (χ1n) is 15.7. The molecule has 0 amide bonds. The van der Waals surface area contributed by atoms with Crippen LogP contribution in [0.1, 0.15) is 30.8 Å². The van der Waals surface area contributed by atoms with Gasteiger partial charge in [-0.15, -0.1) is 0 Å². The van der Waals surface area contributed by atoms with E-state index in [1.165, 1.54) is 0 Å². The van der Waals surface area contributed by atoms with Crippen molar-refractivity contribution in [3.8, 4) is 45.1 Å². The zero-order chi connectivity index (χ0) is 32.1. The lowest BCUT2D eigenvalue weighted by atomic mass is 9.75. The van der Waals surface area contributed by atoms with Gasteiger partial charge in [-0.1, -0.05) is 136 Å². The van der Waals surface area contributed by atoms with E-state index < -0.39 is 0 Å². The third kappa shape index (κ3) is 4.77. The number of hydrogen-bond donors (Lipinski definition) is 0. The van der Waals surface area contributed by atoms with Crippen LogP contribution in [0, 0.1) is 0 Å². The number of rotatable bonds is 6. The molecule has 226 valence electrons. The van der Waals surface area contributed by atoms with Crippen molar-refractivity contribution in [1.82, 2.24) is 9.97 Å². The minimum Gasteiger partial charge on any atom is -0.453 e. The normalized spacial score (nSPS) is 13.5. The fourth-order valence-corrected chi connectivity index (χ4v) is 6.59. The van der Waals surface area contributed by atoms with Crippen molar-refractivity contribution in [3.63, 3.8) is 0 Å². The number of nitrogens with zero attached hydrogens (tertiary/aromatic N) is 2. The van der Waals surface area contributed by atoms with Gasteiger partial charge >= 0.3 is 0 Å². The SMILES string of the molecule is C=C/C=C(\C=C)c1nc(-c2ccccc2)cc(-c2ccc(-c3ccc4c(c3)Oc3c(ccc5c3oc3ccccc35)C4(C)C)cc2)n1. The van der Waals surface area contributed by atoms with E-state index in [4.69, 9.17) is 19.1 Å². The van der Waals surface area contributed by atoms with Gasteiger partial charge in [-0.3, -0.25) is 0 Å². The lowest BCUT2D eigenvalue weighted by Gasteiger charge is -2.34. The second-order valence-corrected chi connectivity index (χ2v) is 12.3. The summed E-state index contributed by atoms with van der Waals surface area (Å²) in [5.74, 6) is 2.24.